The first-order chi connectivity index (χ1) is 13.0. The molecule has 0 saturated heterocycles. The maximum absolute atomic E-state index is 12.1. The smallest absolute Gasteiger partial charge is 0.291 e. The van der Waals surface area contributed by atoms with Crippen molar-refractivity contribution in [3.63, 3.8) is 0 Å². The van der Waals surface area contributed by atoms with E-state index in [4.69, 9.17) is 4.42 Å². The molecule has 0 aliphatic rings. The topological polar surface area (TPSA) is 104 Å². The molecule has 8 heteroatoms. The molecule has 0 spiro atoms. The number of hydrazone groups is 1. The third-order valence-electron chi connectivity index (χ3n) is 3.51. The summed E-state index contributed by atoms with van der Waals surface area (Å²) in [5, 5.41) is 16.2. The number of amides is 2. The highest BCUT2D eigenvalue weighted by Gasteiger charge is 2.09. The van der Waals surface area contributed by atoms with Crippen LogP contribution in [0.1, 0.15) is 26.5 Å². The number of hydrogen-bond acceptors (Lipinski definition) is 5. The highest BCUT2D eigenvalue weighted by molar-refractivity contribution is 9.10. The number of phenols is 1. The second-order valence-electron chi connectivity index (χ2n) is 5.41. The van der Waals surface area contributed by atoms with Gasteiger partial charge in [0, 0.05) is 21.3 Å². The zero-order valence-corrected chi connectivity index (χ0v) is 15.4. The van der Waals surface area contributed by atoms with Gasteiger partial charge in [-0.05, 0) is 54.6 Å². The van der Waals surface area contributed by atoms with Crippen molar-refractivity contribution in [2.24, 2.45) is 5.10 Å². The minimum atomic E-state index is -0.426. The van der Waals surface area contributed by atoms with Crippen LogP contribution in [0, 0.1) is 0 Å². The molecular formula is C19H14BrN3O4. The number of benzene rings is 2. The van der Waals surface area contributed by atoms with Gasteiger partial charge in [-0.25, -0.2) is 5.43 Å². The lowest BCUT2D eigenvalue weighted by atomic mass is 10.2. The summed E-state index contributed by atoms with van der Waals surface area (Å²) in [5.41, 5.74) is 3.72. The minimum Gasteiger partial charge on any atom is -0.507 e. The van der Waals surface area contributed by atoms with Gasteiger partial charge in [0.2, 0.25) is 0 Å². The Morgan fingerprint density at radius 3 is 2.56 bits per heavy atom. The van der Waals surface area contributed by atoms with Gasteiger partial charge in [-0.1, -0.05) is 15.9 Å². The van der Waals surface area contributed by atoms with Gasteiger partial charge >= 0.3 is 0 Å². The number of rotatable bonds is 5. The van der Waals surface area contributed by atoms with E-state index in [1.165, 1.54) is 18.5 Å². The van der Waals surface area contributed by atoms with Crippen LogP contribution in [0.3, 0.4) is 0 Å². The average Bonchev–Trinajstić information content (AvgIpc) is 3.20. The molecule has 1 aromatic heterocycles. The van der Waals surface area contributed by atoms with Crippen LogP contribution in [0.5, 0.6) is 5.75 Å². The van der Waals surface area contributed by atoms with Crippen molar-refractivity contribution in [1.82, 2.24) is 5.43 Å². The van der Waals surface area contributed by atoms with E-state index < -0.39 is 5.91 Å². The Kier molecular flexibility index (Phi) is 5.68. The van der Waals surface area contributed by atoms with E-state index in [9.17, 15) is 14.7 Å². The summed E-state index contributed by atoms with van der Waals surface area (Å²) in [4.78, 5) is 24.0. The second kappa shape index (κ2) is 8.33. The maximum Gasteiger partial charge on any atom is 0.291 e. The number of nitrogens with one attached hydrogen (secondary N) is 2. The molecule has 0 unspecified atom stereocenters. The normalized spacial score (nSPS) is 10.7. The molecule has 0 bridgehead atoms. The molecule has 0 atom stereocenters. The summed E-state index contributed by atoms with van der Waals surface area (Å²) in [5.74, 6) is -0.560. The highest BCUT2D eigenvalue weighted by Crippen LogP contribution is 2.20. The predicted molar refractivity (Wildman–Crippen MR) is 104 cm³/mol. The van der Waals surface area contributed by atoms with E-state index in [0.29, 0.717) is 16.8 Å². The first-order valence-electron chi connectivity index (χ1n) is 7.80. The Bertz CT molecular complexity index is 983. The Morgan fingerprint density at radius 1 is 1.07 bits per heavy atom. The summed E-state index contributed by atoms with van der Waals surface area (Å²) in [6.07, 6.45) is 2.76. The maximum atomic E-state index is 12.1. The predicted octanol–water partition coefficient (Wildman–Crippen LogP) is 3.76. The quantitative estimate of drug-likeness (QED) is 0.425. The number of hydrogen-bond donors (Lipinski definition) is 3. The minimum absolute atomic E-state index is 0.0489. The summed E-state index contributed by atoms with van der Waals surface area (Å²) < 4.78 is 5.79. The van der Waals surface area contributed by atoms with E-state index >= 15 is 0 Å². The fourth-order valence-corrected chi connectivity index (χ4v) is 2.54. The number of halogens is 1. The first kappa shape index (κ1) is 18.4. The van der Waals surface area contributed by atoms with Crippen LogP contribution in [-0.2, 0) is 0 Å². The van der Waals surface area contributed by atoms with Gasteiger partial charge in [-0.15, -0.1) is 0 Å². The number of carbonyl (C=O) groups excluding carboxylic acids is 2. The van der Waals surface area contributed by atoms with Crippen LogP contribution in [0.15, 0.2) is 74.9 Å². The summed E-state index contributed by atoms with van der Waals surface area (Å²) in [6.45, 7) is 0. The third kappa shape index (κ3) is 4.83. The van der Waals surface area contributed by atoms with Crippen molar-refractivity contribution >= 4 is 39.6 Å². The lowest BCUT2D eigenvalue weighted by molar-refractivity contribution is 0.0954. The van der Waals surface area contributed by atoms with E-state index in [2.05, 4.69) is 31.8 Å². The Labute approximate surface area is 162 Å². The highest BCUT2D eigenvalue weighted by atomic mass is 79.9. The fraction of sp³-hybridized carbons (Fsp3) is 0. The fourth-order valence-electron chi connectivity index (χ4n) is 2.16. The average molecular weight is 428 g/mol. The molecule has 0 aliphatic heterocycles. The third-order valence-corrected chi connectivity index (χ3v) is 4.00. The molecule has 0 fully saturated rings. The Balaban J connectivity index is 1.59. The van der Waals surface area contributed by atoms with Crippen molar-refractivity contribution in [2.45, 2.75) is 0 Å². The number of phenolic OH excluding ortho intramolecular Hbond substituents is 1. The van der Waals surface area contributed by atoms with E-state index in [-0.39, 0.29) is 17.4 Å². The summed E-state index contributed by atoms with van der Waals surface area (Å²) >= 11 is 3.29. The molecule has 0 aliphatic carbocycles. The molecule has 27 heavy (non-hydrogen) atoms. The van der Waals surface area contributed by atoms with Crippen LogP contribution in [0.2, 0.25) is 0 Å². The lowest BCUT2D eigenvalue weighted by Gasteiger charge is -2.05. The van der Waals surface area contributed by atoms with Crippen molar-refractivity contribution in [1.29, 1.82) is 0 Å². The summed E-state index contributed by atoms with van der Waals surface area (Å²) in [7, 11) is 0. The van der Waals surface area contributed by atoms with Crippen molar-refractivity contribution in [2.75, 3.05) is 5.32 Å². The molecule has 3 N–H and O–H groups in total. The van der Waals surface area contributed by atoms with E-state index in [0.717, 1.165) is 4.47 Å². The lowest BCUT2D eigenvalue weighted by Crippen LogP contribution is -2.17. The number of anilines is 1. The standard InChI is InChI=1S/C19H14BrN3O4/c20-14-5-8-16(24)13(10-14)11-21-23-18(25)12-3-6-15(7-4-12)22-19(26)17-2-1-9-27-17/h1-11,24H,(H,22,26)(H,23,25)/b21-11-. The molecule has 0 saturated carbocycles. The Morgan fingerprint density at radius 2 is 1.85 bits per heavy atom. The van der Waals surface area contributed by atoms with Crippen molar-refractivity contribution < 1.29 is 19.1 Å². The van der Waals surface area contributed by atoms with Gasteiger partial charge in [-0.3, -0.25) is 9.59 Å². The van der Waals surface area contributed by atoms with Crippen LogP contribution in [0.25, 0.3) is 0 Å². The molecule has 2 aromatic carbocycles. The molecule has 3 aromatic rings. The number of furan rings is 1. The van der Waals surface area contributed by atoms with Gasteiger partial charge in [0.15, 0.2) is 5.76 Å². The molecule has 2 amide bonds. The summed E-state index contributed by atoms with van der Waals surface area (Å²) in [6, 6.07) is 14.4. The van der Waals surface area contributed by atoms with Gasteiger partial charge in [0.1, 0.15) is 5.75 Å². The molecule has 3 rings (SSSR count). The Hall–Kier alpha value is -3.39. The number of nitrogens with zero attached hydrogens (tertiary/aromatic N) is 1. The largest absolute Gasteiger partial charge is 0.507 e. The van der Waals surface area contributed by atoms with Crippen LogP contribution in [0.4, 0.5) is 5.69 Å². The van der Waals surface area contributed by atoms with Gasteiger partial charge in [0.05, 0.1) is 12.5 Å². The monoisotopic (exact) mass is 427 g/mol. The molecule has 7 nitrogen and oxygen atoms in total. The first-order valence-corrected chi connectivity index (χ1v) is 8.59. The van der Waals surface area contributed by atoms with Crippen LogP contribution in [-0.4, -0.2) is 23.1 Å². The zero-order chi connectivity index (χ0) is 19.2. The number of carbonyl (C=O) groups is 2. The molecule has 136 valence electrons. The second-order valence-corrected chi connectivity index (χ2v) is 6.33. The molecule has 0 radical (unpaired) electrons. The molecule has 1 heterocycles. The molecular weight excluding hydrogens is 414 g/mol. The van der Waals surface area contributed by atoms with Crippen LogP contribution >= 0.6 is 15.9 Å². The van der Waals surface area contributed by atoms with Gasteiger partial charge in [0.25, 0.3) is 11.8 Å². The van der Waals surface area contributed by atoms with E-state index in [1.807, 2.05) is 0 Å². The zero-order valence-electron chi connectivity index (χ0n) is 13.8. The van der Waals surface area contributed by atoms with Crippen molar-refractivity contribution in [3.05, 3.63) is 82.2 Å². The number of aromatic hydroxyl groups is 1. The van der Waals surface area contributed by atoms with Crippen molar-refractivity contribution in [3.8, 4) is 5.75 Å². The SMILES string of the molecule is O=C(N/N=C\c1cc(Br)ccc1O)c1ccc(NC(=O)c2ccco2)cc1. The van der Waals surface area contributed by atoms with Crippen LogP contribution < -0.4 is 10.7 Å². The van der Waals surface area contributed by atoms with Gasteiger partial charge < -0.3 is 14.8 Å². The van der Waals surface area contributed by atoms with Gasteiger partial charge in [-0.2, -0.15) is 5.10 Å². The van der Waals surface area contributed by atoms with E-state index in [1.54, 1.807) is 48.5 Å².